The first-order valence-electron chi connectivity index (χ1n) is 10.2. The SMILES string of the molecule is COc1cc(/C=C/C(=O)N2CCN(c3ccc(F)cc3)CC2)ccc1OCC(C)C. The third kappa shape index (κ3) is 5.75. The van der Waals surface area contributed by atoms with Gasteiger partial charge in [0.05, 0.1) is 13.7 Å². The average molecular weight is 413 g/mol. The second kappa shape index (κ2) is 10.1. The van der Waals surface area contributed by atoms with Crippen molar-refractivity contribution in [1.29, 1.82) is 0 Å². The Morgan fingerprint density at radius 2 is 1.77 bits per heavy atom. The van der Waals surface area contributed by atoms with E-state index < -0.39 is 0 Å². The van der Waals surface area contributed by atoms with Gasteiger partial charge in [-0.3, -0.25) is 4.79 Å². The Kier molecular flexibility index (Phi) is 7.33. The van der Waals surface area contributed by atoms with Crippen molar-refractivity contribution in [2.24, 2.45) is 5.92 Å². The highest BCUT2D eigenvalue weighted by Crippen LogP contribution is 2.29. The van der Waals surface area contributed by atoms with Crippen molar-refractivity contribution in [3.63, 3.8) is 0 Å². The highest BCUT2D eigenvalue weighted by Gasteiger charge is 2.19. The molecule has 0 aromatic heterocycles. The van der Waals surface area contributed by atoms with Crippen LogP contribution in [0.1, 0.15) is 19.4 Å². The molecule has 0 saturated carbocycles. The van der Waals surface area contributed by atoms with E-state index in [0.29, 0.717) is 37.1 Å². The average Bonchev–Trinajstić information content (AvgIpc) is 2.76. The van der Waals surface area contributed by atoms with Gasteiger partial charge in [0.1, 0.15) is 5.82 Å². The lowest BCUT2D eigenvalue weighted by atomic mass is 10.1. The second-order valence-electron chi connectivity index (χ2n) is 7.74. The van der Waals surface area contributed by atoms with Gasteiger partial charge in [-0.2, -0.15) is 0 Å². The summed E-state index contributed by atoms with van der Waals surface area (Å²) in [5.41, 5.74) is 1.85. The van der Waals surface area contributed by atoms with E-state index in [1.54, 1.807) is 31.4 Å². The van der Waals surface area contributed by atoms with Crippen LogP contribution in [0.15, 0.2) is 48.5 Å². The monoisotopic (exact) mass is 412 g/mol. The minimum atomic E-state index is -0.242. The van der Waals surface area contributed by atoms with Crippen LogP contribution in [0, 0.1) is 11.7 Å². The maximum atomic E-state index is 13.1. The molecule has 2 aromatic rings. The fraction of sp³-hybridized carbons (Fsp3) is 0.375. The summed E-state index contributed by atoms with van der Waals surface area (Å²) in [4.78, 5) is 16.6. The number of halogens is 1. The first kappa shape index (κ1) is 21.7. The van der Waals surface area contributed by atoms with Crippen molar-refractivity contribution in [3.8, 4) is 11.5 Å². The standard InChI is InChI=1S/C24H29FN2O3/c1-18(2)17-30-22-10-4-19(16-23(22)29-3)5-11-24(28)27-14-12-26(13-15-27)21-8-6-20(25)7-9-21/h4-11,16,18H,12-15,17H2,1-3H3/b11-5+. The van der Waals surface area contributed by atoms with Crippen LogP contribution >= 0.6 is 0 Å². The van der Waals surface area contributed by atoms with Crippen LogP contribution in [0.25, 0.3) is 6.08 Å². The summed E-state index contributed by atoms with van der Waals surface area (Å²) in [5, 5.41) is 0. The molecule has 1 amide bonds. The van der Waals surface area contributed by atoms with Gasteiger partial charge in [0, 0.05) is 37.9 Å². The van der Waals surface area contributed by atoms with Crippen LogP contribution in [0.2, 0.25) is 0 Å². The van der Waals surface area contributed by atoms with E-state index >= 15 is 0 Å². The van der Waals surface area contributed by atoms with Crippen molar-refractivity contribution in [3.05, 3.63) is 59.9 Å². The molecule has 0 spiro atoms. The molecule has 0 bridgehead atoms. The van der Waals surface area contributed by atoms with Gasteiger partial charge in [-0.15, -0.1) is 0 Å². The quantitative estimate of drug-likeness (QED) is 0.639. The third-order valence-corrected chi connectivity index (χ3v) is 4.96. The fourth-order valence-corrected chi connectivity index (χ4v) is 3.27. The predicted octanol–water partition coefficient (Wildman–Crippen LogP) is 4.23. The second-order valence-corrected chi connectivity index (χ2v) is 7.74. The zero-order valence-corrected chi connectivity index (χ0v) is 17.8. The summed E-state index contributed by atoms with van der Waals surface area (Å²) in [6, 6.07) is 12.1. The molecule has 1 saturated heterocycles. The molecule has 1 heterocycles. The zero-order chi connectivity index (χ0) is 21.5. The number of carbonyl (C=O) groups is 1. The largest absolute Gasteiger partial charge is 0.493 e. The Hall–Kier alpha value is -3.02. The Morgan fingerprint density at radius 3 is 2.40 bits per heavy atom. The molecule has 160 valence electrons. The van der Waals surface area contributed by atoms with E-state index in [1.165, 1.54) is 12.1 Å². The number of amides is 1. The number of hydrogen-bond acceptors (Lipinski definition) is 4. The highest BCUT2D eigenvalue weighted by molar-refractivity contribution is 5.92. The van der Waals surface area contributed by atoms with Crippen LogP contribution in [0.3, 0.4) is 0 Å². The van der Waals surface area contributed by atoms with Gasteiger partial charge in [-0.05, 0) is 54.0 Å². The third-order valence-electron chi connectivity index (χ3n) is 4.96. The van der Waals surface area contributed by atoms with Crippen molar-refractivity contribution >= 4 is 17.7 Å². The van der Waals surface area contributed by atoms with Gasteiger partial charge in [-0.1, -0.05) is 19.9 Å². The Morgan fingerprint density at radius 1 is 1.07 bits per heavy atom. The van der Waals surface area contributed by atoms with Crippen LogP contribution < -0.4 is 14.4 Å². The number of piperazine rings is 1. The van der Waals surface area contributed by atoms with Crippen molar-refractivity contribution < 1.29 is 18.7 Å². The van der Waals surface area contributed by atoms with E-state index in [4.69, 9.17) is 9.47 Å². The van der Waals surface area contributed by atoms with E-state index in [1.807, 2.05) is 23.1 Å². The molecule has 0 unspecified atom stereocenters. The molecule has 30 heavy (non-hydrogen) atoms. The van der Waals surface area contributed by atoms with Gasteiger partial charge in [0.25, 0.3) is 0 Å². The van der Waals surface area contributed by atoms with E-state index in [9.17, 15) is 9.18 Å². The first-order chi connectivity index (χ1) is 14.5. The van der Waals surface area contributed by atoms with Crippen molar-refractivity contribution in [2.75, 3.05) is 44.8 Å². The summed E-state index contributed by atoms with van der Waals surface area (Å²) >= 11 is 0. The molecular formula is C24H29FN2O3. The zero-order valence-electron chi connectivity index (χ0n) is 17.8. The molecule has 0 radical (unpaired) electrons. The molecule has 6 heteroatoms. The number of methoxy groups -OCH3 is 1. The van der Waals surface area contributed by atoms with Crippen LogP contribution in [0.4, 0.5) is 10.1 Å². The Balaban J connectivity index is 1.56. The number of nitrogens with zero attached hydrogens (tertiary/aromatic N) is 2. The minimum Gasteiger partial charge on any atom is -0.493 e. The lowest BCUT2D eigenvalue weighted by molar-refractivity contribution is -0.126. The van der Waals surface area contributed by atoms with E-state index in [0.717, 1.165) is 24.3 Å². The molecule has 1 fully saturated rings. The number of benzene rings is 2. The molecule has 0 atom stereocenters. The molecule has 5 nitrogen and oxygen atoms in total. The Bertz CT molecular complexity index is 873. The molecule has 0 aliphatic carbocycles. The molecule has 1 aliphatic heterocycles. The van der Waals surface area contributed by atoms with Gasteiger partial charge in [0.15, 0.2) is 11.5 Å². The number of hydrogen-bond donors (Lipinski definition) is 0. The fourth-order valence-electron chi connectivity index (χ4n) is 3.27. The number of rotatable bonds is 7. The maximum absolute atomic E-state index is 13.1. The normalized spacial score (nSPS) is 14.4. The molecule has 2 aromatic carbocycles. The van der Waals surface area contributed by atoms with Crippen LogP contribution in [-0.4, -0.2) is 50.7 Å². The number of ether oxygens (including phenoxy) is 2. The van der Waals surface area contributed by atoms with Gasteiger partial charge >= 0.3 is 0 Å². The molecule has 3 rings (SSSR count). The maximum Gasteiger partial charge on any atom is 0.246 e. The lowest BCUT2D eigenvalue weighted by Crippen LogP contribution is -2.48. The molecule has 0 N–H and O–H groups in total. The van der Waals surface area contributed by atoms with Crippen molar-refractivity contribution in [2.45, 2.75) is 13.8 Å². The number of carbonyl (C=O) groups excluding carboxylic acids is 1. The molecule has 1 aliphatic rings. The van der Waals surface area contributed by atoms with E-state index in [-0.39, 0.29) is 11.7 Å². The minimum absolute atomic E-state index is 0.0205. The summed E-state index contributed by atoms with van der Waals surface area (Å²) in [5.74, 6) is 1.52. The smallest absolute Gasteiger partial charge is 0.246 e. The number of anilines is 1. The van der Waals surface area contributed by atoms with Gasteiger partial charge in [-0.25, -0.2) is 4.39 Å². The van der Waals surface area contributed by atoms with Gasteiger partial charge < -0.3 is 19.3 Å². The lowest BCUT2D eigenvalue weighted by Gasteiger charge is -2.35. The summed E-state index contributed by atoms with van der Waals surface area (Å²) in [6.07, 6.45) is 3.39. The summed E-state index contributed by atoms with van der Waals surface area (Å²) in [6.45, 7) is 7.51. The Labute approximate surface area is 177 Å². The first-order valence-corrected chi connectivity index (χ1v) is 10.2. The highest BCUT2D eigenvalue weighted by atomic mass is 19.1. The van der Waals surface area contributed by atoms with Gasteiger partial charge in [0.2, 0.25) is 5.91 Å². The van der Waals surface area contributed by atoms with E-state index in [2.05, 4.69) is 18.7 Å². The molecular weight excluding hydrogens is 383 g/mol. The summed E-state index contributed by atoms with van der Waals surface area (Å²) < 4.78 is 24.3. The van der Waals surface area contributed by atoms with Crippen LogP contribution in [-0.2, 0) is 4.79 Å². The predicted molar refractivity (Wildman–Crippen MR) is 118 cm³/mol. The topological polar surface area (TPSA) is 42.0 Å². The van der Waals surface area contributed by atoms with Crippen LogP contribution in [0.5, 0.6) is 11.5 Å². The van der Waals surface area contributed by atoms with Crippen molar-refractivity contribution in [1.82, 2.24) is 4.90 Å². The summed E-state index contributed by atoms with van der Waals surface area (Å²) in [7, 11) is 1.61.